The van der Waals surface area contributed by atoms with Gasteiger partial charge in [-0.25, -0.2) is 9.37 Å². The summed E-state index contributed by atoms with van der Waals surface area (Å²) in [5.41, 5.74) is 0.567. The van der Waals surface area contributed by atoms with Crippen LogP contribution in [-0.4, -0.2) is 10.9 Å². The maximum Gasteiger partial charge on any atom is 0.267 e. The van der Waals surface area contributed by atoms with Crippen molar-refractivity contribution in [3.05, 3.63) is 46.2 Å². The van der Waals surface area contributed by atoms with Crippen LogP contribution < -0.4 is 5.32 Å². The van der Waals surface area contributed by atoms with E-state index < -0.39 is 0 Å². The number of carbonyl (C=O) groups is 1. The van der Waals surface area contributed by atoms with Crippen molar-refractivity contribution in [3.8, 4) is 0 Å². The molecule has 0 saturated carbocycles. The second kappa shape index (κ2) is 4.40. The van der Waals surface area contributed by atoms with E-state index in [1.165, 1.54) is 41.8 Å². The first-order valence-electron chi connectivity index (χ1n) is 4.64. The number of carbonyl (C=O) groups excluding carboxylic acids is 1. The van der Waals surface area contributed by atoms with Crippen LogP contribution in [0.15, 0.2) is 30.5 Å². The Morgan fingerprint density at radius 1 is 1.38 bits per heavy atom. The molecule has 82 valence electrons. The van der Waals surface area contributed by atoms with Crippen LogP contribution in [0.25, 0.3) is 0 Å². The smallest absolute Gasteiger partial charge is 0.267 e. The van der Waals surface area contributed by atoms with Gasteiger partial charge in [0.05, 0.1) is 11.2 Å². The van der Waals surface area contributed by atoms with E-state index in [0.717, 1.165) is 5.01 Å². The van der Waals surface area contributed by atoms with Crippen LogP contribution in [0.3, 0.4) is 0 Å². The van der Waals surface area contributed by atoms with Gasteiger partial charge in [0, 0.05) is 5.69 Å². The van der Waals surface area contributed by atoms with Gasteiger partial charge < -0.3 is 5.32 Å². The van der Waals surface area contributed by atoms with Gasteiger partial charge in [-0.1, -0.05) is 0 Å². The van der Waals surface area contributed by atoms with Crippen LogP contribution in [0.4, 0.5) is 10.1 Å². The molecule has 1 aromatic heterocycles. The highest BCUT2D eigenvalue weighted by Gasteiger charge is 2.08. The average molecular weight is 236 g/mol. The van der Waals surface area contributed by atoms with Gasteiger partial charge in [-0.2, -0.15) is 0 Å². The summed E-state index contributed by atoms with van der Waals surface area (Å²) in [5.74, 6) is -0.552. The number of anilines is 1. The first-order chi connectivity index (χ1) is 7.65. The normalized spacial score (nSPS) is 10.1. The summed E-state index contributed by atoms with van der Waals surface area (Å²) >= 11 is 1.32. The predicted molar refractivity (Wildman–Crippen MR) is 61.2 cm³/mol. The van der Waals surface area contributed by atoms with Gasteiger partial charge in [-0.05, 0) is 31.2 Å². The van der Waals surface area contributed by atoms with E-state index in [1.807, 2.05) is 6.92 Å². The highest BCUT2D eigenvalue weighted by Crippen LogP contribution is 2.15. The zero-order valence-electron chi connectivity index (χ0n) is 8.53. The molecule has 0 atom stereocenters. The quantitative estimate of drug-likeness (QED) is 0.871. The van der Waals surface area contributed by atoms with Gasteiger partial charge >= 0.3 is 0 Å². The summed E-state index contributed by atoms with van der Waals surface area (Å²) in [5, 5.41) is 3.50. The van der Waals surface area contributed by atoms with Gasteiger partial charge in [-0.3, -0.25) is 4.79 Å². The maximum absolute atomic E-state index is 12.6. The minimum Gasteiger partial charge on any atom is -0.321 e. The van der Waals surface area contributed by atoms with Crippen molar-refractivity contribution >= 4 is 22.9 Å². The monoisotopic (exact) mass is 236 g/mol. The van der Waals surface area contributed by atoms with Crippen molar-refractivity contribution in [2.75, 3.05) is 5.32 Å². The van der Waals surface area contributed by atoms with Crippen molar-refractivity contribution in [1.82, 2.24) is 4.98 Å². The number of aromatic nitrogens is 1. The Balaban J connectivity index is 2.10. The van der Waals surface area contributed by atoms with E-state index in [4.69, 9.17) is 0 Å². The molecular weight excluding hydrogens is 227 g/mol. The van der Waals surface area contributed by atoms with Crippen LogP contribution in [-0.2, 0) is 0 Å². The third-order valence-electron chi connectivity index (χ3n) is 1.95. The molecule has 2 rings (SSSR count). The molecule has 3 nitrogen and oxygen atoms in total. The predicted octanol–water partition coefficient (Wildman–Crippen LogP) is 2.84. The van der Waals surface area contributed by atoms with Gasteiger partial charge in [-0.15, -0.1) is 11.3 Å². The lowest BCUT2D eigenvalue weighted by Gasteiger charge is -2.02. The van der Waals surface area contributed by atoms with E-state index in [1.54, 1.807) is 0 Å². The van der Waals surface area contributed by atoms with E-state index in [-0.39, 0.29) is 11.7 Å². The number of halogens is 1. The lowest BCUT2D eigenvalue weighted by Crippen LogP contribution is -2.09. The molecule has 16 heavy (non-hydrogen) atoms. The Labute approximate surface area is 96.0 Å². The van der Waals surface area contributed by atoms with E-state index in [0.29, 0.717) is 10.6 Å². The first-order valence-corrected chi connectivity index (χ1v) is 5.46. The molecule has 0 aliphatic heterocycles. The number of thiazole rings is 1. The molecule has 1 N–H and O–H groups in total. The number of benzene rings is 1. The molecule has 1 aromatic carbocycles. The topological polar surface area (TPSA) is 42.0 Å². The molecule has 0 fully saturated rings. The summed E-state index contributed by atoms with van der Waals surface area (Å²) in [6.45, 7) is 1.83. The van der Waals surface area contributed by atoms with Crippen LogP contribution in [0, 0.1) is 12.7 Å². The molecule has 1 amide bonds. The molecule has 0 aliphatic carbocycles. The third-order valence-corrected chi connectivity index (χ3v) is 2.86. The number of rotatable bonds is 2. The standard InChI is InChI=1S/C11H9FN2OS/c1-7-13-6-10(16-7)11(15)14-9-4-2-8(12)3-5-9/h2-6H,1H3,(H,14,15). The van der Waals surface area contributed by atoms with Crippen molar-refractivity contribution in [2.45, 2.75) is 6.92 Å². The lowest BCUT2D eigenvalue weighted by atomic mass is 10.3. The summed E-state index contributed by atoms with van der Waals surface area (Å²) < 4.78 is 12.6. The Hall–Kier alpha value is -1.75. The first kappa shape index (κ1) is 10.8. The molecule has 0 bridgehead atoms. The minimum absolute atomic E-state index is 0.225. The van der Waals surface area contributed by atoms with Gasteiger partial charge in [0.1, 0.15) is 10.7 Å². The number of nitrogens with one attached hydrogen (secondary N) is 1. The summed E-state index contributed by atoms with van der Waals surface area (Å²) in [6, 6.07) is 5.63. The Bertz CT molecular complexity index is 507. The largest absolute Gasteiger partial charge is 0.321 e. The number of aryl methyl sites for hydroxylation is 1. The molecule has 0 unspecified atom stereocenters. The second-order valence-electron chi connectivity index (χ2n) is 3.20. The van der Waals surface area contributed by atoms with Crippen LogP contribution in [0.5, 0.6) is 0 Å². The number of amides is 1. The van der Waals surface area contributed by atoms with Gasteiger partial charge in [0.15, 0.2) is 0 Å². The minimum atomic E-state index is -0.327. The molecule has 0 saturated heterocycles. The number of hydrogen-bond donors (Lipinski definition) is 1. The van der Waals surface area contributed by atoms with Gasteiger partial charge in [0.25, 0.3) is 5.91 Å². The van der Waals surface area contributed by atoms with Gasteiger partial charge in [0.2, 0.25) is 0 Å². The third kappa shape index (κ3) is 2.43. The Morgan fingerprint density at radius 3 is 2.62 bits per heavy atom. The molecule has 2 aromatic rings. The summed E-state index contributed by atoms with van der Waals surface area (Å²) in [6.07, 6.45) is 1.53. The van der Waals surface area contributed by atoms with Crippen LogP contribution in [0.2, 0.25) is 0 Å². The van der Waals surface area contributed by atoms with E-state index in [2.05, 4.69) is 10.3 Å². The molecular formula is C11H9FN2OS. The fourth-order valence-corrected chi connectivity index (χ4v) is 1.87. The SMILES string of the molecule is Cc1ncc(C(=O)Nc2ccc(F)cc2)s1. The highest BCUT2D eigenvalue weighted by atomic mass is 32.1. The molecule has 0 spiro atoms. The summed E-state index contributed by atoms with van der Waals surface area (Å²) in [4.78, 5) is 16.2. The Kier molecular flexibility index (Phi) is 2.96. The molecule has 5 heteroatoms. The van der Waals surface area contributed by atoms with E-state index >= 15 is 0 Å². The Morgan fingerprint density at radius 2 is 2.06 bits per heavy atom. The molecule has 1 heterocycles. The van der Waals surface area contributed by atoms with Crippen LogP contribution >= 0.6 is 11.3 Å². The van der Waals surface area contributed by atoms with E-state index in [9.17, 15) is 9.18 Å². The highest BCUT2D eigenvalue weighted by molar-refractivity contribution is 7.13. The molecule has 0 radical (unpaired) electrons. The average Bonchev–Trinajstić information content (AvgIpc) is 2.68. The zero-order chi connectivity index (χ0) is 11.5. The van der Waals surface area contributed by atoms with Crippen LogP contribution in [0.1, 0.15) is 14.7 Å². The van der Waals surface area contributed by atoms with Crippen molar-refractivity contribution in [2.24, 2.45) is 0 Å². The van der Waals surface area contributed by atoms with Crippen molar-refractivity contribution < 1.29 is 9.18 Å². The maximum atomic E-state index is 12.6. The number of hydrogen-bond acceptors (Lipinski definition) is 3. The fourth-order valence-electron chi connectivity index (χ4n) is 1.19. The summed E-state index contributed by atoms with van der Waals surface area (Å²) in [7, 11) is 0. The zero-order valence-corrected chi connectivity index (χ0v) is 9.34. The number of nitrogens with zero attached hydrogens (tertiary/aromatic N) is 1. The van der Waals surface area contributed by atoms with Crippen molar-refractivity contribution in [1.29, 1.82) is 0 Å². The lowest BCUT2D eigenvalue weighted by molar-refractivity contribution is 0.103. The van der Waals surface area contributed by atoms with Crippen molar-refractivity contribution in [3.63, 3.8) is 0 Å². The fraction of sp³-hybridized carbons (Fsp3) is 0.0909. The second-order valence-corrected chi connectivity index (χ2v) is 4.44. The molecule has 0 aliphatic rings.